The molecule has 0 amide bonds. The van der Waals surface area contributed by atoms with Crippen LogP contribution in [-0.2, 0) is 9.59 Å². The molecule has 0 radical (unpaired) electrons. The van der Waals surface area contributed by atoms with Crippen molar-refractivity contribution in [3.8, 4) is 0 Å². The zero-order chi connectivity index (χ0) is 30.0. The number of aromatic amines is 1. The second-order valence-electron chi connectivity index (χ2n) is 10.8. The summed E-state index contributed by atoms with van der Waals surface area (Å²) in [6.07, 6.45) is 11.7. The number of H-pyrrole nitrogens is 1. The molecular formula is C34H30N4O4. The minimum atomic E-state index is -1.11. The summed E-state index contributed by atoms with van der Waals surface area (Å²) in [6, 6.07) is 0. The Morgan fingerprint density at radius 3 is 2.40 bits per heavy atom. The average molecular weight is 559 g/mol. The Bertz CT molecular complexity index is 2010. The zero-order valence-corrected chi connectivity index (χ0v) is 24.1. The molecule has 8 nitrogen and oxygen atoms in total. The first-order valence-electron chi connectivity index (χ1n) is 13.8. The van der Waals surface area contributed by atoms with Gasteiger partial charge in [-0.25, -0.2) is 19.8 Å². The quantitative estimate of drug-likeness (QED) is 0.359. The van der Waals surface area contributed by atoms with Gasteiger partial charge in [0.1, 0.15) is 18.0 Å². The molecule has 8 heteroatoms. The van der Waals surface area contributed by atoms with Crippen LogP contribution >= 0.6 is 0 Å². The molecule has 0 spiro atoms. The monoisotopic (exact) mass is 558 g/mol. The number of carboxylic acid groups (broad SMARTS) is 1. The predicted octanol–water partition coefficient (Wildman–Crippen LogP) is 4.64. The van der Waals surface area contributed by atoms with E-state index in [2.05, 4.69) is 25.4 Å². The van der Waals surface area contributed by atoms with E-state index >= 15 is 0 Å². The number of carbonyl (C=O) groups is 2. The fourth-order valence-corrected chi connectivity index (χ4v) is 6.24. The third kappa shape index (κ3) is 3.86. The standard InChI is InChI=1S/C34H30N4O4/c1-7-19-15(3)23-11-25-17(5)21(9-10-29(40)41)32(37-25)31-22(14-39)34(42)30-18(6)26(38-33(30)31)13-28-20(8-2)16(4)24(36-28)12-27(19)35-23/h7,9-14,22,35,42H,1,8H2,2-6H3,(H,40,41)/b10-9+,23-11?,27-12?,28-13?,32-31?/t22-/m1/s1. The Kier molecular flexibility index (Phi) is 6.30. The highest BCUT2D eigenvalue weighted by Gasteiger charge is 2.43. The lowest BCUT2D eigenvalue weighted by molar-refractivity contribution is -0.131. The first-order valence-corrected chi connectivity index (χ1v) is 13.8. The van der Waals surface area contributed by atoms with Gasteiger partial charge in [-0.15, -0.1) is 0 Å². The van der Waals surface area contributed by atoms with Crippen molar-refractivity contribution in [3.05, 3.63) is 108 Å². The number of nitrogens with one attached hydrogen (secondary N) is 1. The van der Waals surface area contributed by atoms with Gasteiger partial charge in [0.05, 0.1) is 34.2 Å². The number of rotatable bonds is 5. The fraction of sp³-hybridized carbons (Fsp3) is 0.206. The van der Waals surface area contributed by atoms with E-state index in [0.717, 1.165) is 68.0 Å². The summed E-state index contributed by atoms with van der Waals surface area (Å²) in [7, 11) is 0. The zero-order valence-electron chi connectivity index (χ0n) is 24.1. The van der Waals surface area contributed by atoms with Gasteiger partial charge in [0.15, 0.2) is 0 Å². The van der Waals surface area contributed by atoms with Crippen LogP contribution in [0.15, 0.2) is 102 Å². The molecule has 210 valence electrons. The summed E-state index contributed by atoms with van der Waals surface area (Å²) in [5, 5.41) is 22.4. The summed E-state index contributed by atoms with van der Waals surface area (Å²) in [4.78, 5) is 42.3. The lowest BCUT2D eigenvalue weighted by Crippen LogP contribution is -2.15. The highest BCUT2D eigenvalue weighted by atomic mass is 16.4. The van der Waals surface area contributed by atoms with E-state index in [0.29, 0.717) is 45.8 Å². The maximum absolute atomic E-state index is 12.4. The van der Waals surface area contributed by atoms with Gasteiger partial charge in [-0.1, -0.05) is 19.6 Å². The van der Waals surface area contributed by atoms with Crippen molar-refractivity contribution in [1.82, 2.24) is 4.98 Å². The number of aliphatic imine (C=N–C) groups is 3. The minimum absolute atomic E-state index is 0.0861. The van der Waals surface area contributed by atoms with Crippen LogP contribution in [0.5, 0.6) is 0 Å². The molecule has 0 saturated heterocycles. The van der Waals surface area contributed by atoms with E-state index in [1.807, 2.05) is 45.1 Å². The number of hydrogen-bond donors (Lipinski definition) is 3. The second-order valence-corrected chi connectivity index (χ2v) is 10.8. The molecule has 0 aromatic carbocycles. The van der Waals surface area contributed by atoms with Gasteiger partial charge in [-0.2, -0.15) is 0 Å². The number of nitrogens with zero attached hydrogens (tertiary/aromatic N) is 3. The molecule has 1 atom stereocenters. The van der Waals surface area contributed by atoms with Crippen molar-refractivity contribution in [2.24, 2.45) is 20.9 Å². The van der Waals surface area contributed by atoms with Gasteiger partial charge >= 0.3 is 5.97 Å². The normalized spacial score (nSPS) is 21.2. The first-order chi connectivity index (χ1) is 20.1. The van der Waals surface area contributed by atoms with Crippen molar-refractivity contribution < 1.29 is 19.8 Å². The van der Waals surface area contributed by atoms with Gasteiger partial charge < -0.3 is 20.0 Å². The van der Waals surface area contributed by atoms with Gasteiger partial charge in [0.25, 0.3) is 0 Å². The van der Waals surface area contributed by atoms with Crippen molar-refractivity contribution >= 4 is 47.6 Å². The van der Waals surface area contributed by atoms with Crippen molar-refractivity contribution in [1.29, 1.82) is 0 Å². The molecule has 3 N–H and O–H groups in total. The number of fused-ring (bicyclic) bond motifs is 5. The van der Waals surface area contributed by atoms with Crippen LogP contribution in [0.2, 0.25) is 0 Å². The number of carboxylic acids is 1. The molecule has 0 fully saturated rings. The lowest BCUT2D eigenvalue weighted by Gasteiger charge is -2.11. The minimum Gasteiger partial charge on any atom is -0.510 e. The molecule has 1 aromatic rings. The van der Waals surface area contributed by atoms with Gasteiger partial charge in [-0.05, 0) is 86.3 Å². The fourth-order valence-electron chi connectivity index (χ4n) is 6.24. The van der Waals surface area contributed by atoms with Crippen LogP contribution in [0.25, 0.3) is 18.2 Å². The second kappa shape index (κ2) is 9.76. The van der Waals surface area contributed by atoms with Crippen LogP contribution in [-0.4, -0.2) is 44.6 Å². The first kappa shape index (κ1) is 27.1. The van der Waals surface area contributed by atoms with E-state index < -0.39 is 11.9 Å². The van der Waals surface area contributed by atoms with E-state index in [-0.39, 0.29) is 5.76 Å². The summed E-state index contributed by atoms with van der Waals surface area (Å²) in [5.41, 5.74) is 10.8. The van der Waals surface area contributed by atoms with Gasteiger partial charge in [-0.3, -0.25) is 0 Å². The SMILES string of the molecule is C=Cc1c(C)c2[nH]c1=CC1=NC(=CC3=C(C)C4=C(O)[C@H](C=O)C(=C5N=C(C=2)C(C)=C5/C=C/C(=O)O)C4=N3)C(CC)=C1C. The van der Waals surface area contributed by atoms with E-state index in [9.17, 15) is 19.8 Å². The predicted molar refractivity (Wildman–Crippen MR) is 166 cm³/mol. The molecule has 1 aromatic heterocycles. The van der Waals surface area contributed by atoms with Crippen LogP contribution in [0.4, 0.5) is 0 Å². The molecule has 6 rings (SSSR count). The Morgan fingerprint density at radius 2 is 1.74 bits per heavy atom. The smallest absolute Gasteiger partial charge is 0.328 e. The van der Waals surface area contributed by atoms with Gasteiger partial charge in [0, 0.05) is 39.1 Å². The number of aromatic nitrogens is 1. The topological polar surface area (TPSA) is 127 Å². The van der Waals surface area contributed by atoms with Gasteiger partial charge in [0.2, 0.25) is 0 Å². The molecule has 42 heavy (non-hydrogen) atoms. The number of aliphatic hydroxyl groups is 1. The Hall–Kier alpha value is -5.11. The maximum atomic E-state index is 12.4. The summed E-state index contributed by atoms with van der Waals surface area (Å²) in [6.45, 7) is 13.9. The molecule has 1 aliphatic carbocycles. The van der Waals surface area contributed by atoms with Crippen LogP contribution in [0, 0.1) is 12.8 Å². The third-order valence-corrected chi connectivity index (χ3v) is 8.55. The number of aliphatic hydroxyl groups excluding tert-OH is 1. The van der Waals surface area contributed by atoms with E-state index in [1.54, 1.807) is 0 Å². The third-order valence-electron chi connectivity index (χ3n) is 8.55. The van der Waals surface area contributed by atoms with Crippen molar-refractivity contribution in [3.63, 3.8) is 0 Å². The molecule has 0 unspecified atom stereocenters. The Morgan fingerprint density at radius 1 is 1.02 bits per heavy atom. The summed E-state index contributed by atoms with van der Waals surface area (Å²) in [5.74, 6) is -2.18. The van der Waals surface area contributed by atoms with Crippen LogP contribution < -0.4 is 10.7 Å². The largest absolute Gasteiger partial charge is 0.510 e. The average Bonchev–Trinajstić information content (AvgIpc) is 3.68. The number of aliphatic carboxylic acids is 1. The molecule has 0 saturated carbocycles. The number of aldehydes is 1. The summed E-state index contributed by atoms with van der Waals surface area (Å²) >= 11 is 0. The number of allylic oxidation sites excluding steroid dienone is 8. The highest BCUT2D eigenvalue weighted by Crippen LogP contribution is 2.46. The number of hydrogen-bond acceptors (Lipinski definition) is 6. The molecule has 5 aliphatic rings. The van der Waals surface area contributed by atoms with Crippen LogP contribution in [0.3, 0.4) is 0 Å². The lowest BCUT2D eigenvalue weighted by atomic mass is 9.94. The highest BCUT2D eigenvalue weighted by molar-refractivity contribution is 6.27. The molecular weight excluding hydrogens is 528 g/mol. The van der Waals surface area contributed by atoms with E-state index in [1.165, 1.54) is 6.08 Å². The van der Waals surface area contributed by atoms with E-state index in [4.69, 9.17) is 15.0 Å². The summed E-state index contributed by atoms with van der Waals surface area (Å²) < 4.78 is 0. The molecule has 4 aliphatic heterocycles. The Labute approximate surface area is 242 Å². The maximum Gasteiger partial charge on any atom is 0.328 e. The molecule has 5 heterocycles. The van der Waals surface area contributed by atoms with Crippen molar-refractivity contribution in [2.75, 3.05) is 0 Å². The Balaban J connectivity index is 1.76. The number of carbonyl (C=O) groups excluding carboxylic acids is 1. The van der Waals surface area contributed by atoms with Crippen LogP contribution in [0.1, 0.15) is 45.2 Å². The van der Waals surface area contributed by atoms with Crippen molar-refractivity contribution in [2.45, 2.75) is 41.0 Å². The molecule has 8 bridgehead atoms.